The highest BCUT2D eigenvalue weighted by Crippen LogP contribution is 2.19. The summed E-state index contributed by atoms with van der Waals surface area (Å²) in [6.45, 7) is 2.14. The highest BCUT2D eigenvalue weighted by atomic mass is 16.5. The number of rotatable bonds is 11. The van der Waals surface area contributed by atoms with E-state index in [4.69, 9.17) is 14.2 Å². The molecule has 0 amide bonds. The van der Waals surface area contributed by atoms with Crippen LogP contribution in [0.5, 0.6) is 5.75 Å². The van der Waals surface area contributed by atoms with Crippen LogP contribution < -0.4 is 4.74 Å². The number of carbonyl (C=O) groups excluding carboxylic acids is 2. The molecule has 0 bridgehead atoms. The van der Waals surface area contributed by atoms with E-state index in [1.165, 1.54) is 12.7 Å². The van der Waals surface area contributed by atoms with Crippen LogP contribution in [-0.4, -0.2) is 32.8 Å². The SMILES string of the molecule is CCOC(=O)CCC(CCCCc1cccc(OC)c1)C(=O)OC. The van der Waals surface area contributed by atoms with Gasteiger partial charge in [-0.15, -0.1) is 0 Å². The Morgan fingerprint density at radius 2 is 1.92 bits per heavy atom. The lowest BCUT2D eigenvalue weighted by Crippen LogP contribution is -2.18. The highest BCUT2D eigenvalue weighted by Gasteiger charge is 2.20. The average molecular weight is 336 g/mol. The lowest BCUT2D eigenvalue weighted by Gasteiger charge is -2.14. The molecule has 0 aliphatic heterocycles. The number of benzene rings is 1. The van der Waals surface area contributed by atoms with E-state index in [0.717, 1.165) is 31.4 Å². The fourth-order valence-electron chi connectivity index (χ4n) is 2.62. The maximum atomic E-state index is 11.8. The quantitative estimate of drug-likeness (QED) is 0.457. The summed E-state index contributed by atoms with van der Waals surface area (Å²) in [6.07, 6.45) is 4.26. The van der Waals surface area contributed by atoms with Crippen LogP contribution in [0.1, 0.15) is 44.6 Å². The van der Waals surface area contributed by atoms with Crippen LogP contribution in [0.25, 0.3) is 0 Å². The molecule has 5 nitrogen and oxygen atoms in total. The largest absolute Gasteiger partial charge is 0.497 e. The number of methoxy groups -OCH3 is 2. The maximum Gasteiger partial charge on any atom is 0.308 e. The van der Waals surface area contributed by atoms with Gasteiger partial charge in [0.05, 0.1) is 26.7 Å². The summed E-state index contributed by atoms with van der Waals surface area (Å²) in [5, 5.41) is 0. The first-order valence-corrected chi connectivity index (χ1v) is 8.47. The van der Waals surface area contributed by atoms with Crippen molar-refractivity contribution in [1.29, 1.82) is 0 Å². The highest BCUT2D eigenvalue weighted by molar-refractivity contribution is 5.74. The van der Waals surface area contributed by atoms with Crippen LogP contribution in [-0.2, 0) is 25.5 Å². The topological polar surface area (TPSA) is 61.8 Å². The van der Waals surface area contributed by atoms with E-state index in [-0.39, 0.29) is 24.3 Å². The summed E-state index contributed by atoms with van der Waals surface area (Å²) in [4.78, 5) is 23.3. The van der Waals surface area contributed by atoms with Gasteiger partial charge in [-0.25, -0.2) is 0 Å². The molecule has 1 aromatic carbocycles. The summed E-state index contributed by atoms with van der Waals surface area (Å²) in [5.41, 5.74) is 1.22. The number of aryl methyl sites for hydroxylation is 1. The molecule has 0 N–H and O–H groups in total. The summed E-state index contributed by atoms with van der Waals surface area (Å²) >= 11 is 0. The second-order valence-electron chi connectivity index (χ2n) is 5.66. The molecule has 0 spiro atoms. The van der Waals surface area contributed by atoms with E-state index in [9.17, 15) is 9.59 Å². The van der Waals surface area contributed by atoms with E-state index in [1.807, 2.05) is 18.2 Å². The Morgan fingerprint density at radius 1 is 1.12 bits per heavy atom. The van der Waals surface area contributed by atoms with Crippen LogP contribution in [0, 0.1) is 5.92 Å². The van der Waals surface area contributed by atoms with Crippen molar-refractivity contribution in [2.24, 2.45) is 5.92 Å². The second kappa shape index (κ2) is 11.5. The molecule has 1 atom stereocenters. The molecule has 1 unspecified atom stereocenters. The molecule has 0 aliphatic rings. The molecule has 0 saturated heterocycles. The maximum absolute atomic E-state index is 11.8. The molecule has 134 valence electrons. The Kier molecular flexibility index (Phi) is 9.58. The number of carbonyl (C=O) groups is 2. The van der Waals surface area contributed by atoms with E-state index < -0.39 is 0 Å². The summed E-state index contributed by atoms with van der Waals surface area (Å²) in [7, 11) is 3.04. The van der Waals surface area contributed by atoms with E-state index in [1.54, 1.807) is 14.0 Å². The lowest BCUT2D eigenvalue weighted by atomic mass is 9.95. The zero-order chi connectivity index (χ0) is 17.8. The fraction of sp³-hybridized carbons (Fsp3) is 0.579. The number of hydrogen-bond donors (Lipinski definition) is 0. The third-order valence-corrected chi connectivity index (χ3v) is 3.94. The Bertz CT molecular complexity index is 512. The van der Waals surface area contributed by atoms with Gasteiger partial charge in [0.15, 0.2) is 0 Å². The van der Waals surface area contributed by atoms with Crippen molar-refractivity contribution in [2.45, 2.75) is 45.4 Å². The normalized spacial score (nSPS) is 11.6. The summed E-state index contributed by atoms with van der Waals surface area (Å²) in [6, 6.07) is 8.00. The van der Waals surface area contributed by atoms with Gasteiger partial charge in [0.25, 0.3) is 0 Å². The molecule has 0 radical (unpaired) electrons. The Balaban J connectivity index is 2.38. The van der Waals surface area contributed by atoms with Gasteiger partial charge >= 0.3 is 11.9 Å². The van der Waals surface area contributed by atoms with Gasteiger partial charge < -0.3 is 14.2 Å². The summed E-state index contributed by atoms with van der Waals surface area (Å²) < 4.78 is 15.0. The van der Waals surface area contributed by atoms with Crippen molar-refractivity contribution < 1.29 is 23.8 Å². The number of esters is 2. The molecule has 1 aromatic rings. The zero-order valence-corrected chi connectivity index (χ0v) is 14.9. The molecule has 0 aromatic heterocycles. The van der Waals surface area contributed by atoms with E-state index in [2.05, 4.69) is 6.07 Å². The van der Waals surface area contributed by atoms with Crippen LogP contribution in [0.15, 0.2) is 24.3 Å². The van der Waals surface area contributed by atoms with E-state index >= 15 is 0 Å². The first kappa shape index (κ1) is 20.0. The minimum atomic E-state index is -0.261. The van der Waals surface area contributed by atoms with Gasteiger partial charge in [-0.05, 0) is 50.3 Å². The Hall–Kier alpha value is -2.04. The predicted octanol–water partition coefficient (Wildman–Crippen LogP) is 3.54. The first-order valence-electron chi connectivity index (χ1n) is 8.47. The van der Waals surface area contributed by atoms with Gasteiger partial charge in [-0.2, -0.15) is 0 Å². The third-order valence-electron chi connectivity index (χ3n) is 3.94. The fourth-order valence-corrected chi connectivity index (χ4v) is 2.62. The molecular weight excluding hydrogens is 308 g/mol. The number of unbranched alkanes of at least 4 members (excludes halogenated alkanes) is 1. The molecule has 0 aliphatic carbocycles. The molecule has 0 saturated carbocycles. The standard InChI is InChI=1S/C19H28O5/c1-4-24-18(20)13-12-16(19(21)23-3)10-6-5-8-15-9-7-11-17(14-15)22-2/h7,9,11,14,16H,4-6,8,10,12-13H2,1-3H3. The monoisotopic (exact) mass is 336 g/mol. The van der Waals surface area contributed by atoms with Crippen molar-refractivity contribution in [3.8, 4) is 5.75 Å². The van der Waals surface area contributed by atoms with Gasteiger partial charge in [0.2, 0.25) is 0 Å². The molecule has 0 fully saturated rings. The van der Waals surface area contributed by atoms with Crippen molar-refractivity contribution in [1.82, 2.24) is 0 Å². The molecule has 1 rings (SSSR count). The Morgan fingerprint density at radius 3 is 2.58 bits per heavy atom. The Labute approximate surface area is 144 Å². The van der Waals surface area contributed by atoms with Gasteiger partial charge in [0.1, 0.15) is 5.75 Å². The second-order valence-corrected chi connectivity index (χ2v) is 5.66. The lowest BCUT2D eigenvalue weighted by molar-refractivity contribution is -0.147. The molecular formula is C19H28O5. The van der Waals surface area contributed by atoms with Crippen molar-refractivity contribution >= 4 is 11.9 Å². The van der Waals surface area contributed by atoms with Gasteiger partial charge in [-0.1, -0.05) is 18.6 Å². The summed E-state index contributed by atoms with van der Waals surface area (Å²) in [5.74, 6) is 0.0996. The van der Waals surface area contributed by atoms with Crippen LogP contribution >= 0.6 is 0 Å². The van der Waals surface area contributed by atoms with Crippen LogP contribution in [0.3, 0.4) is 0 Å². The van der Waals surface area contributed by atoms with Gasteiger partial charge in [0, 0.05) is 6.42 Å². The van der Waals surface area contributed by atoms with Crippen molar-refractivity contribution in [3.05, 3.63) is 29.8 Å². The molecule has 24 heavy (non-hydrogen) atoms. The van der Waals surface area contributed by atoms with Gasteiger partial charge in [-0.3, -0.25) is 9.59 Å². The zero-order valence-electron chi connectivity index (χ0n) is 14.9. The molecule has 5 heteroatoms. The smallest absolute Gasteiger partial charge is 0.308 e. The van der Waals surface area contributed by atoms with Crippen molar-refractivity contribution in [2.75, 3.05) is 20.8 Å². The number of hydrogen-bond acceptors (Lipinski definition) is 5. The minimum Gasteiger partial charge on any atom is -0.497 e. The van der Waals surface area contributed by atoms with Crippen LogP contribution in [0.2, 0.25) is 0 Å². The van der Waals surface area contributed by atoms with E-state index in [0.29, 0.717) is 13.0 Å². The van der Waals surface area contributed by atoms with Crippen molar-refractivity contribution in [3.63, 3.8) is 0 Å². The minimum absolute atomic E-state index is 0.246. The third kappa shape index (κ3) is 7.49. The van der Waals surface area contributed by atoms with Crippen LogP contribution in [0.4, 0.5) is 0 Å². The average Bonchev–Trinajstić information content (AvgIpc) is 2.60. The molecule has 0 heterocycles. The first-order chi connectivity index (χ1) is 11.6. The predicted molar refractivity (Wildman–Crippen MR) is 91.9 cm³/mol. The number of ether oxygens (including phenoxy) is 3.